The van der Waals surface area contributed by atoms with Crippen molar-refractivity contribution in [1.29, 1.82) is 0 Å². The van der Waals surface area contributed by atoms with E-state index in [0.717, 1.165) is 31.7 Å². The van der Waals surface area contributed by atoms with Gasteiger partial charge in [-0.05, 0) is 25.8 Å². The Labute approximate surface area is 122 Å². The van der Waals surface area contributed by atoms with Gasteiger partial charge in [-0.3, -0.25) is 0 Å². The summed E-state index contributed by atoms with van der Waals surface area (Å²) in [5, 5.41) is 3.37. The average Bonchev–Trinajstić information content (AvgIpc) is 2.87. The molecule has 0 aliphatic rings. The molecule has 20 heavy (non-hydrogen) atoms. The second-order valence-electron chi connectivity index (χ2n) is 5.59. The fourth-order valence-corrected chi connectivity index (χ4v) is 1.91. The van der Waals surface area contributed by atoms with E-state index in [1.54, 1.807) is 13.4 Å². The Morgan fingerprint density at radius 1 is 1.40 bits per heavy atom. The first-order valence-corrected chi connectivity index (χ1v) is 7.49. The van der Waals surface area contributed by atoms with Gasteiger partial charge in [0.25, 0.3) is 6.01 Å². The maximum atomic E-state index is 5.62. The van der Waals surface area contributed by atoms with Gasteiger partial charge in [0.1, 0.15) is 6.26 Å². The minimum absolute atomic E-state index is 0.389. The summed E-state index contributed by atoms with van der Waals surface area (Å²) in [6.45, 7) is 11.9. The van der Waals surface area contributed by atoms with Crippen molar-refractivity contribution in [2.24, 2.45) is 5.92 Å². The molecule has 1 aromatic rings. The Kier molecular flexibility index (Phi) is 7.62. The molecule has 1 atom stereocenters. The minimum Gasteiger partial charge on any atom is -0.432 e. The number of hydrogen-bond donors (Lipinski definition) is 1. The van der Waals surface area contributed by atoms with Crippen LogP contribution in [0.1, 0.15) is 39.8 Å². The van der Waals surface area contributed by atoms with Crippen LogP contribution in [-0.2, 0) is 11.3 Å². The smallest absolute Gasteiger partial charge is 0.297 e. The zero-order valence-electron chi connectivity index (χ0n) is 13.5. The van der Waals surface area contributed by atoms with Crippen molar-refractivity contribution < 1.29 is 9.15 Å². The molecule has 0 radical (unpaired) electrons. The molecule has 0 saturated carbocycles. The first kappa shape index (κ1) is 17.0. The Morgan fingerprint density at radius 2 is 2.15 bits per heavy atom. The van der Waals surface area contributed by atoms with Gasteiger partial charge in [0.05, 0.1) is 12.3 Å². The van der Waals surface area contributed by atoms with Gasteiger partial charge >= 0.3 is 0 Å². The molecule has 1 rings (SSSR count). The summed E-state index contributed by atoms with van der Waals surface area (Å²) in [4.78, 5) is 6.73. The maximum Gasteiger partial charge on any atom is 0.297 e. The lowest BCUT2D eigenvalue weighted by molar-refractivity contribution is 0.201. The van der Waals surface area contributed by atoms with Crippen molar-refractivity contribution in [2.45, 2.75) is 46.7 Å². The summed E-state index contributed by atoms with van der Waals surface area (Å²) in [5.41, 5.74) is 0.950. The Hall–Kier alpha value is -1.07. The predicted octanol–water partition coefficient (Wildman–Crippen LogP) is 2.67. The number of ether oxygens (including phenoxy) is 1. The number of nitrogens with one attached hydrogen (secondary N) is 1. The second kappa shape index (κ2) is 8.97. The third kappa shape index (κ3) is 5.51. The Bertz CT molecular complexity index is 366. The Morgan fingerprint density at radius 3 is 2.75 bits per heavy atom. The highest BCUT2D eigenvalue weighted by molar-refractivity contribution is 5.28. The van der Waals surface area contributed by atoms with E-state index in [4.69, 9.17) is 9.15 Å². The zero-order valence-corrected chi connectivity index (χ0v) is 13.5. The molecule has 0 bridgehead atoms. The molecule has 0 aliphatic heterocycles. The van der Waals surface area contributed by atoms with Crippen molar-refractivity contribution in [3.63, 3.8) is 0 Å². The summed E-state index contributed by atoms with van der Waals surface area (Å²) in [7, 11) is 1.71. The van der Waals surface area contributed by atoms with E-state index < -0.39 is 0 Å². The largest absolute Gasteiger partial charge is 0.432 e. The molecule has 1 N–H and O–H groups in total. The van der Waals surface area contributed by atoms with Crippen LogP contribution in [-0.4, -0.2) is 37.8 Å². The van der Waals surface area contributed by atoms with Crippen LogP contribution in [0.2, 0.25) is 0 Å². The number of nitrogens with zero attached hydrogens (tertiary/aromatic N) is 2. The van der Waals surface area contributed by atoms with Crippen LogP contribution in [0.3, 0.4) is 0 Å². The number of oxazole rings is 1. The molecule has 5 nitrogen and oxygen atoms in total. The van der Waals surface area contributed by atoms with Gasteiger partial charge in [-0.2, -0.15) is 4.98 Å². The van der Waals surface area contributed by atoms with Crippen LogP contribution >= 0.6 is 0 Å². The van der Waals surface area contributed by atoms with Gasteiger partial charge in [-0.25, -0.2) is 0 Å². The molecule has 0 aliphatic carbocycles. The van der Waals surface area contributed by atoms with E-state index in [-0.39, 0.29) is 0 Å². The summed E-state index contributed by atoms with van der Waals surface area (Å²) in [6.07, 6.45) is 2.79. The summed E-state index contributed by atoms with van der Waals surface area (Å²) in [5.74, 6) is 0.639. The molecule has 1 heterocycles. The molecule has 0 saturated heterocycles. The van der Waals surface area contributed by atoms with Crippen LogP contribution < -0.4 is 10.2 Å². The summed E-state index contributed by atoms with van der Waals surface area (Å²) in [6, 6.07) is 1.08. The van der Waals surface area contributed by atoms with E-state index in [9.17, 15) is 0 Å². The standard InChI is InChI=1S/C15H29N3O2/c1-6-13(4)18(7-8-19-5)15-17-14(11-20-15)10-16-9-12(2)3/h11-13,16H,6-10H2,1-5H3. The number of rotatable bonds is 10. The molecule has 5 heteroatoms. The molecule has 0 spiro atoms. The second-order valence-corrected chi connectivity index (χ2v) is 5.59. The fraction of sp³-hybridized carbons (Fsp3) is 0.800. The van der Waals surface area contributed by atoms with Crippen LogP contribution in [0.4, 0.5) is 6.01 Å². The number of aromatic nitrogens is 1. The molecule has 1 unspecified atom stereocenters. The highest BCUT2D eigenvalue weighted by Gasteiger charge is 2.18. The van der Waals surface area contributed by atoms with Crippen molar-refractivity contribution >= 4 is 6.01 Å². The van der Waals surface area contributed by atoms with Crippen LogP contribution in [0.25, 0.3) is 0 Å². The number of hydrogen-bond acceptors (Lipinski definition) is 5. The first-order chi connectivity index (χ1) is 9.58. The van der Waals surface area contributed by atoms with Gasteiger partial charge in [-0.1, -0.05) is 20.8 Å². The molecule has 0 amide bonds. The van der Waals surface area contributed by atoms with Crippen LogP contribution in [0.5, 0.6) is 0 Å². The van der Waals surface area contributed by atoms with Gasteiger partial charge in [-0.15, -0.1) is 0 Å². The maximum absolute atomic E-state index is 5.62. The lowest BCUT2D eigenvalue weighted by Gasteiger charge is -2.26. The van der Waals surface area contributed by atoms with Crippen molar-refractivity contribution in [3.05, 3.63) is 12.0 Å². The monoisotopic (exact) mass is 283 g/mol. The lowest BCUT2D eigenvalue weighted by Crippen LogP contribution is -2.35. The third-order valence-electron chi connectivity index (χ3n) is 3.30. The fourth-order valence-electron chi connectivity index (χ4n) is 1.91. The molecule has 116 valence electrons. The summed E-state index contributed by atoms with van der Waals surface area (Å²) < 4.78 is 10.8. The van der Waals surface area contributed by atoms with E-state index in [1.807, 2.05) is 0 Å². The first-order valence-electron chi connectivity index (χ1n) is 7.49. The quantitative estimate of drug-likeness (QED) is 0.715. The topological polar surface area (TPSA) is 50.5 Å². The molecule has 1 aromatic heterocycles. The molecular weight excluding hydrogens is 254 g/mol. The van der Waals surface area contributed by atoms with Gasteiger partial charge in [0, 0.05) is 26.2 Å². The van der Waals surface area contributed by atoms with Gasteiger partial charge in [0.2, 0.25) is 0 Å². The van der Waals surface area contributed by atoms with Crippen LogP contribution in [0.15, 0.2) is 10.7 Å². The number of anilines is 1. The highest BCUT2D eigenvalue weighted by atomic mass is 16.5. The normalized spacial score (nSPS) is 12.9. The van der Waals surface area contributed by atoms with Crippen molar-refractivity contribution in [2.75, 3.05) is 31.7 Å². The van der Waals surface area contributed by atoms with E-state index in [1.165, 1.54) is 0 Å². The molecule has 0 aromatic carbocycles. The van der Waals surface area contributed by atoms with E-state index in [0.29, 0.717) is 24.6 Å². The van der Waals surface area contributed by atoms with Crippen molar-refractivity contribution in [1.82, 2.24) is 10.3 Å². The third-order valence-corrected chi connectivity index (χ3v) is 3.30. The SMILES string of the molecule is CCC(C)N(CCOC)c1nc(CNCC(C)C)co1. The van der Waals surface area contributed by atoms with E-state index in [2.05, 4.69) is 42.9 Å². The van der Waals surface area contributed by atoms with Crippen LogP contribution in [0, 0.1) is 5.92 Å². The molecular formula is C15H29N3O2. The summed E-state index contributed by atoms with van der Waals surface area (Å²) >= 11 is 0. The van der Waals surface area contributed by atoms with Gasteiger partial charge < -0.3 is 19.4 Å². The average molecular weight is 283 g/mol. The van der Waals surface area contributed by atoms with Crippen molar-refractivity contribution in [3.8, 4) is 0 Å². The lowest BCUT2D eigenvalue weighted by atomic mass is 10.2. The zero-order chi connectivity index (χ0) is 15.0. The molecule has 0 fully saturated rings. The van der Waals surface area contributed by atoms with E-state index >= 15 is 0 Å². The minimum atomic E-state index is 0.389. The Balaban J connectivity index is 2.60. The van der Waals surface area contributed by atoms with Gasteiger partial charge in [0.15, 0.2) is 0 Å². The number of methoxy groups -OCH3 is 1. The highest BCUT2D eigenvalue weighted by Crippen LogP contribution is 2.17. The predicted molar refractivity (Wildman–Crippen MR) is 82.0 cm³/mol.